The van der Waals surface area contributed by atoms with Crippen molar-refractivity contribution < 1.29 is 9.63 Å². The van der Waals surface area contributed by atoms with Crippen LogP contribution in [0.25, 0.3) is 11.1 Å². The second kappa shape index (κ2) is 3.86. The Kier molecular flexibility index (Phi) is 2.55. The van der Waals surface area contributed by atoms with Gasteiger partial charge >= 0.3 is 0 Å². The molecule has 78 valence electrons. The Morgan fingerprint density at radius 2 is 2.20 bits per heavy atom. The van der Waals surface area contributed by atoms with Crippen LogP contribution in [0.3, 0.4) is 0 Å². The fraction of sp³-hybridized carbons (Fsp3) is 0.100. The van der Waals surface area contributed by atoms with Crippen LogP contribution in [-0.4, -0.2) is 16.5 Å². The SMILES string of the molecule is CSc1ccc(-c2cnoc2N)c(O)c1. The number of benzene rings is 1. The summed E-state index contributed by atoms with van der Waals surface area (Å²) >= 11 is 1.56. The summed E-state index contributed by atoms with van der Waals surface area (Å²) in [7, 11) is 0. The maximum Gasteiger partial charge on any atom is 0.230 e. The second-order valence-corrected chi connectivity index (χ2v) is 3.87. The van der Waals surface area contributed by atoms with Crippen molar-refractivity contribution in [1.29, 1.82) is 0 Å². The van der Waals surface area contributed by atoms with Crippen molar-refractivity contribution in [1.82, 2.24) is 5.16 Å². The Hall–Kier alpha value is -1.62. The molecule has 1 aromatic heterocycles. The minimum atomic E-state index is 0.178. The smallest absolute Gasteiger partial charge is 0.230 e. The summed E-state index contributed by atoms with van der Waals surface area (Å²) in [5.74, 6) is 0.388. The predicted molar refractivity (Wildman–Crippen MR) is 59.8 cm³/mol. The summed E-state index contributed by atoms with van der Waals surface area (Å²) in [4.78, 5) is 0.992. The number of thioether (sulfide) groups is 1. The van der Waals surface area contributed by atoms with Crippen LogP contribution in [0.1, 0.15) is 0 Å². The first-order chi connectivity index (χ1) is 7.22. The van der Waals surface area contributed by atoms with E-state index in [1.165, 1.54) is 6.20 Å². The van der Waals surface area contributed by atoms with E-state index in [4.69, 9.17) is 10.3 Å². The number of nitrogens with zero attached hydrogens (tertiary/aromatic N) is 1. The summed E-state index contributed by atoms with van der Waals surface area (Å²) in [5, 5.41) is 13.3. The molecule has 5 heteroatoms. The Morgan fingerprint density at radius 1 is 1.40 bits per heavy atom. The van der Waals surface area contributed by atoms with Crippen LogP contribution in [0.4, 0.5) is 5.88 Å². The molecule has 4 nitrogen and oxygen atoms in total. The van der Waals surface area contributed by atoms with Gasteiger partial charge in [0.2, 0.25) is 5.88 Å². The highest BCUT2D eigenvalue weighted by Crippen LogP contribution is 2.35. The number of rotatable bonds is 2. The predicted octanol–water partition coefficient (Wildman–Crippen LogP) is 2.35. The van der Waals surface area contributed by atoms with E-state index in [1.54, 1.807) is 23.9 Å². The Balaban J connectivity index is 2.50. The van der Waals surface area contributed by atoms with E-state index in [2.05, 4.69) is 5.16 Å². The molecule has 0 fully saturated rings. The topological polar surface area (TPSA) is 72.3 Å². The van der Waals surface area contributed by atoms with Crippen molar-refractivity contribution in [3.8, 4) is 16.9 Å². The average molecular weight is 222 g/mol. The molecule has 2 rings (SSSR count). The Bertz CT molecular complexity index is 482. The van der Waals surface area contributed by atoms with Crippen LogP contribution in [0.5, 0.6) is 5.75 Å². The van der Waals surface area contributed by atoms with Gasteiger partial charge in [0.1, 0.15) is 5.75 Å². The van der Waals surface area contributed by atoms with Crippen molar-refractivity contribution in [2.75, 3.05) is 12.0 Å². The molecule has 0 amide bonds. The molecule has 0 aliphatic heterocycles. The van der Waals surface area contributed by atoms with Gasteiger partial charge in [-0.3, -0.25) is 0 Å². The lowest BCUT2D eigenvalue weighted by atomic mass is 10.1. The molecule has 0 aliphatic carbocycles. The van der Waals surface area contributed by atoms with Gasteiger partial charge in [-0.2, -0.15) is 0 Å². The normalized spacial score (nSPS) is 10.5. The van der Waals surface area contributed by atoms with E-state index in [-0.39, 0.29) is 11.6 Å². The minimum Gasteiger partial charge on any atom is -0.507 e. The van der Waals surface area contributed by atoms with Crippen LogP contribution in [0, 0.1) is 0 Å². The van der Waals surface area contributed by atoms with E-state index < -0.39 is 0 Å². The first-order valence-corrected chi connectivity index (χ1v) is 5.52. The summed E-state index contributed by atoms with van der Waals surface area (Å²) in [5.41, 5.74) is 6.81. The number of hydrogen-bond acceptors (Lipinski definition) is 5. The molecule has 1 heterocycles. The number of nitrogen functional groups attached to an aromatic ring is 1. The third-order valence-electron chi connectivity index (χ3n) is 2.09. The van der Waals surface area contributed by atoms with Gasteiger partial charge in [-0.15, -0.1) is 11.8 Å². The molecular formula is C10H10N2O2S. The van der Waals surface area contributed by atoms with Crippen LogP contribution in [-0.2, 0) is 0 Å². The zero-order valence-corrected chi connectivity index (χ0v) is 8.91. The standard InChI is InChI=1S/C10H10N2O2S/c1-15-6-2-3-7(9(13)4-6)8-5-12-14-10(8)11/h2-5,13H,11H2,1H3. The lowest BCUT2D eigenvalue weighted by Crippen LogP contribution is -1.85. The van der Waals surface area contributed by atoms with Gasteiger partial charge in [0.25, 0.3) is 0 Å². The maximum absolute atomic E-state index is 9.78. The molecule has 0 saturated carbocycles. The van der Waals surface area contributed by atoms with Crippen molar-refractivity contribution in [3.05, 3.63) is 24.4 Å². The average Bonchev–Trinajstić information content (AvgIpc) is 2.64. The molecule has 3 N–H and O–H groups in total. The number of hydrogen-bond donors (Lipinski definition) is 2. The Labute approximate surface area is 91.1 Å². The molecule has 0 saturated heterocycles. The molecule has 15 heavy (non-hydrogen) atoms. The molecule has 0 aliphatic rings. The van der Waals surface area contributed by atoms with Crippen LogP contribution in [0.15, 0.2) is 33.8 Å². The van der Waals surface area contributed by atoms with E-state index in [0.717, 1.165) is 4.90 Å². The summed E-state index contributed by atoms with van der Waals surface area (Å²) < 4.78 is 4.74. The van der Waals surface area contributed by atoms with Gasteiger partial charge < -0.3 is 15.4 Å². The van der Waals surface area contributed by atoms with Gasteiger partial charge in [-0.1, -0.05) is 5.16 Å². The maximum atomic E-state index is 9.78. The molecule has 0 spiro atoms. The molecule has 0 radical (unpaired) electrons. The highest BCUT2D eigenvalue weighted by molar-refractivity contribution is 7.98. The molecule has 2 aromatic rings. The zero-order valence-electron chi connectivity index (χ0n) is 8.10. The lowest BCUT2D eigenvalue weighted by Gasteiger charge is -2.03. The fourth-order valence-corrected chi connectivity index (χ4v) is 1.75. The molecule has 0 atom stereocenters. The highest BCUT2D eigenvalue weighted by atomic mass is 32.2. The monoisotopic (exact) mass is 222 g/mol. The zero-order chi connectivity index (χ0) is 10.8. The van der Waals surface area contributed by atoms with Crippen molar-refractivity contribution in [2.24, 2.45) is 0 Å². The number of anilines is 1. The first kappa shape index (κ1) is 9.92. The Morgan fingerprint density at radius 3 is 2.73 bits per heavy atom. The fourth-order valence-electron chi connectivity index (χ4n) is 1.32. The summed E-state index contributed by atoms with van der Waals surface area (Å²) in [6, 6.07) is 5.39. The van der Waals surface area contributed by atoms with Crippen molar-refractivity contribution in [2.45, 2.75) is 4.90 Å². The molecular weight excluding hydrogens is 212 g/mol. The van der Waals surface area contributed by atoms with Crippen molar-refractivity contribution >= 4 is 17.6 Å². The van der Waals surface area contributed by atoms with E-state index in [0.29, 0.717) is 11.1 Å². The van der Waals surface area contributed by atoms with Crippen LogP contribution >= 0.6 is 11.8 Å². The first-order valence-electron chi connectivity index (χ1n) is 4.30. The number of aromatic hydroxyl groups is 1. The van der Waals surface area contributed by atoms with E-state index in [1.807, 2.05) is 12.3 Å². The second-order valence-electron chi connectivity index (χ2n) is 2.99. The quantitative estimate of drug-likeness (QED) is 0.763. The summed E-state index contributed by atoms with van der Waals surface area (Å²) in [6.45, 7) is 0. The van der Waals surface area contributed by atoms with Gasteiger partial charge in [-0.05, 0) is 24.5 Å². The highest BCUT2D eigenvalue weighted by Gasteiger charge is 2.11. The molecule has 1 aromatic carbocycles. The largest absolute Gasteiger partial charge is 0.507 e. The van der Waals surface area contributed by atoms with Crippen LogP contribution < -0.4 is 5.73 Å². The molecule has 0 bridgehead atoms. The van der Waals surface area contributed by atoms with E-state index >= 15 is 0 Å². The number of phenolic OH excluding ortho intramolecular Hbond substituents is 1. The number of aromatic nitrogens is 1. The van der Waals surface area contributed by atoms with Gasteiger partial charge in [0.15, 0.2) is 0 Å². The number of nitrogens with two attached hydrogens (primary N) is 1. The van der Waals surface area contributed by atoms with Gasteiger partial charge in [0.05, 0.1) is 11.8 Å². The van der Waals surface area contributed by atoms with Crippen LogP contribution in [0.2, 0.25) is 0 Å². The minimum absolute atomic E-state index is 0.178. The third-order valence-corrected chi connectivity index (χ3v) is 2.82. The van der Waals surface area contributed by atoms with Gasteiger partial charge in [-0.25, -0.2) is 0 Å². The van der Waals surface area contributed by atoms with Gasteiger partial charge in [0, 0.05) is 10.5 Å². The van der Waals surface area contributed by atoms with Crippen molar-refractivity contribution in [3.63, 3.8) is 0 Å². The third kappa shape index (κ3) is 1.78. The molecule has 0 unspecified atom stereocenters. The summed E-state index contributed by atoms with van der Waals surface area (Å²) in [6.07, 6.45) is 3.44. The lowest BCUT2D eigenvalue weighted by molar-refractivity contribution is 0.436. The number of phenols is 1. The van der Waals surface area contributed by atoms with E-state index in [9.17, 15) is 5.11 Å².